The molecule has 4 heteroatoms. The fraction of sp³-hybridized carbons (Fsp3) is 0.364. The Hall–Kier alpha value is -1.73. The third-order valence-electron chi connectivity index (χ3n) is 2.04. The molecule has 0 aliphatic heterocycles. The monoisotopic (exact) mass is 204 g/mol. The van der Waals surface area contributed by atoms with Gasteiger partial charge in [-0.1, -0.05) is 0 Å². The van der Waals surface area contributed by atoms with Crippen LogP contribution in [0, 0.1) is 11.3 Å². The molecule has 1 aromatic heterocycles. The van der Waals surface area contributed by atoms with Crippen LogP contribution in [-0.4, -0.2) is 24.5 Å². The van der Waals surface area contributed by atoms with Crippen LogP contribution in [0.4, 0.5) is 0 Å². The standard InChI is InChI=1S/C11H12N2O2/c1-15-7-4-11(14)10(8-12)9-2-5-13-6-3-9/h2-3,5-6,10H,4,7H2,1H3. The summed E-state index contributed by atoms with van der Waals surface area (Å²) in [6.45, 7) is 0.349. The number of Topliss-reactive ketones (excluding diaryl/α,β-unsaturated/α-hetero) is 1. The van der Waals surface area contributed by atoms with Crippen molar-refractivity contribution in [3.63, 3.8) is 0 Å². The van der Waals surface area contributed by atoms with Gasteiger partial charge in [-0.25, -0.2) is 0 Å². The predicted octanol–water partition coefficient (Wildman–Crippen LogP) is 1.29. The van der Waals surface area contributed by atoms with Crippen LogP contribution in [-0.2, 0) is 9.53 Å². The first-order valence-corrected chi connectivity index (χ1v) is 4.60. The van der Waals surface area contributed by atoms with Crippen LogP contribution in [0.25, 0.3) is 0 Å². The SMILES string of the molecule is COCCC(=O)C(C#N)c1ccncc1. The summed E-state index contributed by atoms with van der Waals surface area (Å²) in [4.78, 5) is 15.4. The maximum Gasteiger partial charge on any atom is 0.156 e. The van der Waals surface area contributed by atoms with Gasteiger partial charge >= 0.3 is 0 Å². The molecule has 0 saturated heterocycles. The van der Waals surface area contributed by atoms with Gasteiger partial charge in [0.25, 0.3) is 0 Å². The minimum absolute atomic E-state index is 0.120. The van der Waals surface area contributed by atoms with E-state index in [1.165, 1.54) is 7.11 Å². The molecule has 0 bridgehead atoms. The highest BCUT2D eigenvalue weighted by Crippen LogP contribution is 2.16. The van der Waals surface area contributed by atoms with Crippen molar-refractivity contribution in [1.29, 1.82) is 5.26 Å². The van der Waals surface area contributed by atoms with Crippen molar-refractivity contribution in [3.05, 3.63) is 30.1 Å². The average molecular weight is 204 g/mol. The van der Waals surface area contributed by atoms with E-state index in [0.717, 1.165) is 0 Å². The van der Waals surface area contributed by atoms with Crippen LogP contribution in [0.5, 0.6) is 0 Å². The average Bonchev–Trinajstić information content (AvgIpc) is 2.29. The summed E-state index contributed by atoms with van der Waals surface area (Å²) in [7, 11) is 1.53. The number of nitrogens with zero attached hydrogens (tertiary/aromatic N) is 2. The van der Waals surface area contributed by atoms with E-state index in [1.54, 1.807) is 24.5 Å². The molecule has 15 heavy (non-hydrogen) atoms. The summed E-state index contributed by atoms with van der Waals surface area (Å²) in [5, 5.41) is 8.92. The maximum atomic E-state index is 11.6. The number of carbonyl (C=O) groups excluding carboxylic acids is 1. The minimum Gasteiger partial charge on any atom is -0.384 e. The molecule has 78 valence electrons. The zero-order valence-corrected chi connectivity index (χ0v) is 8.51. The molecule has 1 heterocycles. The van der Waals surface area contributed by atoms with E-state index < -0.39 is 5.92 Å². The van der Waals surface area contributed by atoms with E-state index >= 15 is 0 Å². The van der Waals surface area contributed by atoms with Gasteiger partial charge in [0.15, 0.2) is 5.78 Å². The second kappa shape index (κ2) is 5.89. The number of aromatic nitrogens is 1. The highest BCUT2D eigenvalue weighted by atomic mass is 16.5. The number of carbonyl (C=O) groups is 1. The van der Waals surface area contributed by atoms with Gasteiger partial charge in [-0.05, 0) is 17.7 Å². The van der Waals surface area contributed by atoms with Crippen molar-refractivity contribution in [1.82, 2.24) is 4.98 Å². The van der Waals surface area contributed by atoms with E-state index in [0.29, 0.717) is 12.2 Å². The van der Waals surface area contributed by atoms with Gasteiger partial charge in [0, 0.05) is 25.9 Å². The minimum atomic E-state index is -0.705. The first-order valence-electron chi connectivity index (χ1n) is 4.60. The van der Waals surface area contributed by atoms with Crippen LogP contribution in [0.1, 0.15) is 17.9 Å². The summed E-state index contributed by atoms with van der Waals surface area (Å²) < 4.78 is 4.80. The van der Waals surface area contributed by atoms with E-state index in [-0.39, 0.29) is 12.2 Å². The lowest BCUT2D eigenvalue weighted by atomic mass is 9.95. The Balaban J connectivity index is 2.73. The number of rotatable bonds is 5. The Morgan fingerprint density at radius 2 is 2.27 bits per heavy atom. The molecule has 1 rings (SSSR count). The Bertz CT molecular complexity index is 357. The fourth-order valence-corrected chi connectivity index (χ4v) is 1.24. The molecule has 0 aliphatic rings. The number of nitriles is 1. The molecule has 0 radical (unpaired) electrons. The normalized spacial score (nSPS) is 11.7. The first-order chi connectivity index (χ1) is 7.29. The third-order valence-corrected chi connectivity index (χ3v) is 2.04. The van der Waals surface area contributed by atoms with Crippen molar-refractivity contribution >= 4 is 5.78 Å². The first kappa shape index (κ1) is 11.3. The molecule has 0 amide bonds. The Morgan fingerprint density at radius 3 is 2.80 bits per heavy atom. The summed E-state index contributed by atoms with van der Waals surface area (Å²) >= 11 is 0. The molecule has 1 atom stereocenters. The Kier molecular flexibility index (Phi) is 4.45. The lowest BCUT2D eigenvalue weighted by Gasteiger charge is -2.07. The number of ether oxygens (including phenoxy) is 1. The molecule has 0 N–H and O–H groups in total. The zero-order chi connectivity index (χ0) is 11.1. The van der Waals surface area contributed by atoms with Gasteiger partial charge in [-0.15, -0.1) is 0 Å². The Morgan fingerprint density at radius 1 is 1.60 bits per heavy atom. The maximum absolute atomic E-state index is 11.6. The van der Waals surface area contributed by atoms with E-state index in [2.05, 4.69) is 4.98 Å². The van der Waals surface area contributed by atoms with Crippen molar-refractivity contribution in [2.75, 3.05) is 13.7 Å². The molecule has 1 aromatic rings. The zero-order valence-electron chi connectivity index (χ0n) is 8.51. The van der Waals surface area contributed by atoms with Gasteiger partial charge in [0.1, 0.15) is 5.92 Å². The second-order valence-electron chi connectivity index (χ2n) is 3.05. The number of methoxy groups -OCH3 is 1. The molecule has 0 spiro atoms. The van der Waals surface area contributed by atoms with Crippen molar-refractivity contribution in [2.45, 2.75) is 12.3 Å². The predicted molar refractivity (Wildman–Crippen MR) is 54.1 cm³/mol. The van der Waals surface area contributed by atoms with Gasteiger partial charge < -0.3 is 4.74 Å². The third kappa shape index (κ3) is 3.15. The van der Waals surface area contributed by atoms with Crippen molar-refractivity contribution in [2.24, 2.45) is 0 Å². The molecule has 0 aromatic carbocycles. The fourth-order valence-electron chi connectivity index (χ4n) is 1.24. The topological polar surface area (TPSA) is 63.0 Å². The van der Waals surface area contributed by atoms with Gasteiger partial charge in [-0.3, -0.25) is 9.78 Å². The van der Waals surface area contributed by atoms with Crippen LogP contribution in [0.3, 0.4) is 0 Å². The molecule has 0 saturated carbocycles. The van der Waals surface area contributed by atoms with Gasteiger partial charge in [0.05, 0.1) is 12.7 Å². The lowest BCUT2D eigenvalue weighted by molar-refractivity contribution is -0.120. The van der Waals surface area contributed by atoms with Crippen LogP contribution in [0.15, 0.2) is 24.5 Å². The van der Waals surface area contributed by atoms with Crippen molar-refractivity contribution < 1.29 is 9.53 Å². The highest BCUT2D eigenvalue weighted by Gasteiger charge is 2.19. The van der Waals surface area contributed by atoms with Crippen LogP contribution < -0.4 is 0 Å². The number of hydrogen-bond donors (Lipinski definition) is 0. The van der Waals surface area contributed by atoms with E-state index in [4.69, 9.17) is 10.00 Å². The number of ketones is 1. The van der Waals surface area contributed by atoms with E-state index in [9.17, 15) is 4.79 Å². The van der Waals surface area contributed by atoms with Crippen LogP contribution >= 0.6 is 0 Å². The summed E-state index contributed by atoms with van der Waals surface area (Å²) in [5.41, 5.74) is 0.689. The smallest absolute Gasteiger partial charge is 0.156 e. The van der Waals surface area contributed by atoms with E-state index in [1.807, 2.05) is 6.07 Å². The van der Waals surface area contributed by atoms with Crippen molar-refractivity contribution in [3.8, 4) is 6.07 Å². The molecule has 0 fully saturated rings. The van der Waals surface area contributed by atoms with Gasteiger partial charge in [-0.2, -0.15) is 5.26 Å². The largest absolute Gasteiger partial charge is 0.384 e. The lowest BCUT2D eigenvalue weighted by Crippen LogP contribution is -2.12. The van der Waals surface area contributed by atoms with Crippen LogP contribution in [0.2, 0.25) is 0 Å². The molecule has 1 unspecified atom stereocenters. The summed E-state index contributed by atoms with van der Waals surface area (Å²) in [6, 6.07) is 5.35. The number of pyridine rings is 1. The van der Waals surface area contributed by atoms with Gasteiger partial charge in [0.2, 0.25) is 0 Å². The quantitative estimate of drug-likeness (QED) is 0.725. The Labute approximate surface area is 88.5 Å². The molecule has 4 nitrogen and oxygen atoms in total. The second-order valence-corrected chi connectivity index (χ2v) is 3.05. The highest BCUT2D eigenvalue weighted by molar-refractivity contribution is 5.88. The number of hydrogen-bond acceptors (Lipinski definition) is 4. The molecular weight excluding hydrogens is 192 g/mol. The summed E-state index contributed by atoms with van der Waals surface area (Å²) in [5.74, 6) is -0.825. The molecular formula is C11H12N2O2. The summed E-state index contributed by atoms with van der Waals surface area (Å²) in [6.07, 6.45) is 3.41. The molecule has 0 aliphatic carbocycles.